The Morgan fingerprint density at radius 3 is 2.52 bits per heavy atom. The van der Waals surface area contributed by atoms with Crippen LogP contribution < -0.4 is 11.1 Å². The number of benzene rings is 1. The van der Waals surface area contributed by atoms with E-state index in [2.05, 4.69) is 26.1 Å². The molecular weight excluding hydrogens is 268 g/mol. The molecule has 21 heavy (non-hydrogen) atoms. The molecule has 1 aromatic rings. The van der Waals surface area contributed by atoms with Gasteiger partial charge in [0.05, 0.1) is 12.3 Å². The van der Waals surface area contributed by atoms with Crippen LogP contribution in [0.4, 0.5) is 5.69 Å². The number of carbonyl (C=O) groups is 2. The molecule has 0 aliphatic rings. The quantitative estimate of drug-likeness (QED) is 0.750. The predicted molar refractivity (Wildman–Crippen MR) is 83.0 cm³/mol. The average molecular weight is 292 g/mol. The van der Waals surface area contributed by atoms with E-state index in [9.17, 15) is 9.59 Å². The second kappa shape index (κ2) is 7.22. The lowest BCUT2D eigenvalue weighted by Crippen LogP contribution is -2.32. The monoisotopic (exact) mass is 292 g/mol. The zero-order valence-corrected chi connectivity index (χ0v) is 12.8. The van der Waals surface area contributed by atoms with Gasteiger partial charge in [0, 0.05) is 12.2 Å². The predicted octanol–water partition coefficient (Wildman–Crippen LogP) is 2.26. The fraction of sp³-hybridized carbons (Fsp3) is 0.500. The Morgan fingerprint density at radius 2 is 2.00 bits per heavy atom. The molecule has 1 amide bonds. The van der Waals surface area contributed by atoms with Crippen molar-refractivity contribution in [3.63, 3.8) is 0 Å². The molecule has 5 nitrogen and oxygen atoms in total. The van der Waals surface area contributed by atoms with E-state index in [-0.39, 0.29) is 30.2 Å². The first-order chi connectivity index (χ1) is 9.71. The average Bonchev–Trinajstić information content (AvgIpc) is 2.34. The number of hydrogen-bond acceptors (Lipinski definition) is 3. The Bertz CT molecular complexity index is 506. The van der Waals surface area contributed by atoms with Crippen LogP contribution in [0.15, 0.2) is 24.3 Å². The van der Waals surface area contributed by atoms with Crippen LogP contribution in [0.25, 0.3) is 0 Å². The van der Waals surface area contributed by atoms with E-state index in [4.69, 9.17) is 10.8 Å². The summed E-state index contributed by atoms with van der Waals surface area (Å²) in [5.41, 5.74) is 6.97. The van der Waals surface area contributed by atoms with Crippen molar-refractivity contribution in [2.45, 2.75) is 33.6 Å². The molecule has 0 heterocycles. The van der Waals surface area contributed by atoms with E-state index in [0.717, 1.165) is 0 Å². The molecule has 1 rings (SSSR count). The van der Waals surface area contributed by atoms with Crippen molar-refractivity contribution >= 4 is 17.6 Å². The molecule has 0 aliphatic heterocycles. The molecule has 0 bridgehead atoms. The number of anilines is 1. The van der Waals surface area contributed by atoms with Crippen molar-refractivity contribution in [3.8, 4) is 0 Å². The minimum Gasteiger partial charge on any atom is -0.481 e. The molecular formula is C16H24N2O3. The van der Waals surface area contributed by atoms with Gasteiger partial charge in [0.15, 0.2) is 0 Å². The van der Waals surface area contributed by atoms with Gasteiger partial charge in [0.25, 0.3) is 0 Å². The van der Waals surface area contributed by atoms with Gasteiger partial charge in [0.2, 0.25) is 5.91 Å². The number of rotatable bonds is 6. The molecule has 0 spiro atoms. The van der Waals surface area contributed by atoms with Gasteiger partial charge >= 0.3 is 5.97 Å². The lowest BCUT2D eigenvalue weighted by Gasteiger charge is -2.24. The van der Waals surface area contributed by atoms with E-state index in [0.29, 0.717) is 17.7 Å². The molecule has 1 aromatic carbocycles. The maximum absolute atomic E-state index is 12.2. The summed E-state index contributed by atoms with van der Waals surface area (Å²) >= 11 is 0. The van der Waals surface area contributed by atoms with Crippen LogP contribution in [0.1, 0.15) is 32.8 Å². The summed E-state index contributed by atoms with van der Waals surface area (Å²) in [5, 5.41) is 11.6. The largest absolute Gasteiger partial charge is 0.481 e. The molecule has 0 aromatic heterocycles. The topological polar surface area (TPSA) is 92.4 Å². The summed E-state index contributed by atoms with van der Waals surface area (Å²) < 4.78 is 0. The Labute approximate surface area is 125 Å². The van der Waals surface area contributed by atoms with Gasteiger partial charge in [-0.2, -0.15) is 0 Å². The van der Waals surface area contributed by atoms with Crippen LogP contribution >= 0.6 is 0 Å². The zero-order valence-electron chi connectivity index (χ0n) is 12.8. The number of carbonyl (C=O) groups excluding carboxylic acids is 1. The standard InChI is InChI=1S/C16H24N2O3/c1-16(2,3)9-12(10-17)15(21)18-13-6-4-5-11(7-13)8-14(19)20/h4-7,12H,8-10,17H2,1-3H3,(H,18,21)(H,19,20). The first-order valence-corrected chi connectivity index (χ1v) is 7.03. The summed E-state index contributed by atoms with van der Waals surface area (Å²) in [6.07, 6.45) is 0.635. The van der Waals surface area contributed by atoms with Crippen LogP contribution in [0.2, 0.25) is 0 Å². The van der Waals surface area contributed by atoms with Gasteiger partial charge in [-0.25, -0.2) is 0 Å². The lowest BCUT2D eigenvalue weighted by atomic mass is 9.84. The molecule has 0 aliphatic carbocycles. The minimum absolute atomic E-state index is 0.0204. The molecule has 0 radical (unpaired) electrons. The summed E-state index contributed by atoms with van der Waals surface area (Å²) in [5.74, 6) is -1.28. The van der Waals surface area contributed by atoms with Gasteiger partial charge in [0.1, 0.15) is 0 Å². The number of hydrogen-bond donors (Lipinski definition) is 3. The van der Waals surface area contributed by atoms with Gasteiger partial charge in [-0.05, 0) is 29.5 Å². The van der Waals surface area contributed by atoms with Gasteiger partial charge in [-0.3, -0.25) is 9.59 Å². The van der Waals surface area contributed by atoms with E-state index < -0.39 is 5.97 Å². The van der Waals surface area contributed by atoms with E-state index in [1.807, 2.05) is 0 Å². The third kappa shape index (κ3) is 6.40. The highest BCUT2D eigenvalue weighted by atomic mass is 16.4. The SMILES string of the molecule is CC(C)(C)CC(CN)C(=O)Nc1cccc(CC(=O)O)c1. The summed E-state index contributed by atoms with van der Waals surface area (Å²) in [7, 11) is 0. The smallest absolute Gasteiger partial charge is 0.307 e. The number of carboxylic acid groups (broad SMARTS) is 1. The highest BCUT2D eigenvalue weighted by Crippen LogP contribution is 2.25. The molecule has 0 saturated heterocycles. The second-order valence-electron chi connectivity index (χ2n) is 6.46. The van der Waals surface area contributed by atoms with Crippen LogP contribution in [-0.2, 0) is 16.0 Å². The van der Waals surface area contributed by atoms with Crippen LogP contribution in [0.5, 0.6) is 0 Å². The highest BCUT2D eigenvalue weighted by molar-refractivity contribution is 5.92. The zero-order chi connectivity index (χ0) is 16.0. The van der Waals surface area contributed by atoms with Crippen molar-refractivity contribution in [1.82, 2.24) is 0 Å². The molecule has 1 atom stereocenters. The van der Waals surface area contributed by atoms with Crippen molar-refractivity contribution in [2.24, 2.45) is 17.1 Å². The maximum atomic E-state index is 12.2. The third-order valence-corrected chi connectivity index (χ3v) is 3.06. The van der Waals surface area contributed by atoms with Gasteiger partial charge in [-0.1, -0.05) is 32.9 Å². The maximum Gasteiger partial charge on any atom is 0.307 e. The van der Waals surface area contributed by atoms with Crippen LogP contribution in [0, 0.1) is 11.3 Å². The van der Waals surface area contributed by atoms with Crippen molar-refractivity contribution in [2.75, 3.05) is 11.9 Å². The number of aliphatic carboxylic acids is 1. The number of nitrogens with one attached hydrogen (secondary N) is 1. The number of carboxylic acids is 1. The molecule has 0 fully saturated rings. The minimum atomic E-state index is -0.897. The fourth-order valence-corrected chi connectivity index (χ4v) is 2.20. The number of nitrogens with two attached hydrogens (primary N) is 1. The Balaban J connectivity index is 2.75. The first kappa shape index (κ1) is 17.2. The molecule has 116 valence electrons. The third-order valence-electron chi connectivity index (χ3n) is 3.06. The molecule has 0 saturated carbocycles. The molecule has 1 unspecified atom stereocenters. The first-order valence-electron chi connectivity index (χ1n) is 7.03. The summed E-state index contributed by atoms with van der Waals surface area (Å²) in [4.78, 5) is 23.0. The van der Waals surface area contributed by atoms with E-state index in [1.54, 1.807) is 24.3 Å². The number of amides is 1. The summed E-state index contributed by atoms with van der Waals surface area (Å²) in [6, 6.07) is 6.87. The van der Waals surface area contributed by atoms with Crippen molar-refractivity contribution in [3.05, 3.63) is 29.8 Å². The Hall–Kier alpha value is -1.88. The lowest BCUT2D eigenvalue weighted by molar-refractivity contribution is -0.136. The molecule has 5 heteroatoms. The van der Waals surface area contributed by atoms with Crippen LogP contribution in [-0.4, -0.2) is 23.5 Å². The van der Waals surface area contributed by atoms with Crippen molar-refractivity contribution < 1.29 is 14.7 Å². The van der Waals surface area contributed by atoms with Gasteiger partial charge in [-0.15, -0.1) is 0 Å². The van der Waals surface area contributed by atoms with Gasteiger partial charge < -0.3 is 16.2 Å². The second-order valence-corrected chi connectivity index (χ2v) is 6.46. The normalized spacial score (nSPS) is 12.8. The Morgan fingerprint density at radius 1 is 1.33 bits per heavy atom. The van der Waals surface area contributed by atoms with E-state index >= 15 is 0 Å². The highest BCUT2D eigenvalue weighted by Gasteiger charge is 2.23. The summed E-state index contributed by atoms with van der Waals surface area (Å²) in [6.45, 7) is 6.49. The molecule has 4 N–H and O–H groups in total. The Kier molecular flexibility index (Phi) is 5.90. The van der Waals surface area contributed by atoms with Crippen molar-refractivity contribution in [1.29, 1.82) is 0 Å². The van der Waals surface area contributed by atoms with E-state index in [1.165, 1.54) is 0 Å². The van der Waals surface area contributed by atoms with Crippen LogP contribution in [0.3, 0.4) is 0 Å². The fourth-order valence-electron chi connectivity index (χ4n) is 2.20.